The quantitative estimate of drug-likeness (QED) is 0.879. The van der Waals surface area contributed by atoms with E-state index in [-0.39, 0.29) is 5.82 Å². The van der Waals surface area contributed by atoms with Crippen LogP contribution in [0.1, 0.15) is 37.3 Å². The molecule has 106 valence electrons. The van der Waals surface area contributed by atoms with E-state index in [0.717, 1.165) is 17.7 Å². The van der Waals surface area contributed by atoms with Crippen molar-refractivity contribution in [2.45, 2.75) is 45.7 Å². The largest absolute Gasteiger partial charge is 0.310 e. The molecule has 2 rings (SSSR count). The maximum absolute atomic E-state index is 13.4. The predicted molar refractivity (Wildman–Crippen MR) is 77.7 cm³/mol. The number of hydrogen-bond donors (Lipinski definition) is 1. The van der Waals surface area contributed by atoms with Gasteiger partial charge < -0.3 is 10.2 Å². The Bertz CT molecular complexity index is 398. The number of likely N-dealkylation sites (tertiary alicyclic amines) is 1. The Balaban J connectivity index is 1.75. The fourth-order valence-electron chi connectivity index (χ4n) is 2.69. The topological polar surface area (TPSA) is 15.3 Å². The Morgan fingerprint density at radius 1 is 1.32 bits per heavy atom. The van der Waals surface area contributed by atoms with Crippen LogP contribution in [0.4, 0.5) is 4.39 Å². The summed E-state index contributed by atoms with van der Waals surface area (Å²) < 4.78 is 13.4. The second kappa shape index (κ2) is 7.01. The molecule has 0 aromatic heterocycles. The smallest absolute Gasteiger partial charge is 0.126 e. The summed E-state index contributed by atoms with van der Waals surface area (Å²) in [7, 11) is 0. The molecule has 0 radical (unpaired) electrons. The predicted octanol–water partition coefficient (Wildman–Crippen LogP) is 3.10. The summed E-state index contributed by atoms with van der Waals surface area (Å²) in [5, 5.41) is 3.55. The van der Waals surface area contributed by atoms with Crippen LogP contribution in [0.25, 0.3) is 0 Å². The Kier molecular flexibility index (Phi) is 5.34. The molecule has 0 amide bonds. The summed E-state index contributed by atoms with van der Waals surface area (Å²) in [6.45, 7) is 8.40. The minimum absolute atomic E-state index is 0.0999. The number of rotatable bonds is 5. The molecule has 0 unspecified atom stereocenters. The molecule has 0 bridgehead atoms. The van der Waals surface area contributed by atoms with E-state index in [1.165, 1.54) is 38.9 Å². The number of benzene rings is 1. The molecule has 1 N–H and O–H groups in total. The lowest BCUT2D eigenvalue weighted by Gasteiger charge is -2.32. The number of aryl methyl sites for hydroxylation is 1. The maximum atomic E-state index is 13.4. The van der Waals surface area contributed by atoms with Gasteiger partial charge in [0.05, 0.1) is 0 Å². The van der Waals surface area contributed by atoms with Crippen LogP contribution < -0.4 is 5.32 Å². The second-order valence-electron chi connectivity index (χ2n) is 5.58. The molecule has 1 aromatic carbocycles. The van der Waals surface area contributed by atoms with E-state index in [4.69, 9.17) is 0 Å². The Labute approximate surface area is 116 Å². The monoisotopic (exact) mass is 264 g/mol. The van der Waals surface area contributed by atoms with Crippen molar-refractivity contribution in [2.24, 2.45) is 0 Å². The van der Waals surface area contributed by atoms with Gasteiger partial charge in [0, 0.05) is 12.6 Å². The molecule has 2 nitrogen and oxygen atoms in total. The zero-order chi connectivity index (χ0) is 13.7. The van der Waals surface area contributed by atoms with Gasteiger partial charge >= 0.3 is 0 Å². The summed E-state index contributed by atoms with van der Waals surface area (Å²) in [5.41, 5.74) is 1.76. The average Bonchev–Trinajstić information content (AvgIpc) is 2.42. The summed E-state index contributed by atoms with van der Waals surface area (Å²) in [6, 6.07) is 6.10. The van der Waals surface area contributed by atoms with E-state index in [1.54, 1.807) is 13.0 Å². The highest BCUT2D eigenvalue weighted by molar-refractivity contribution is 5.23. The fourth-order valence-corrected chi connectivity index (χ4v) is 2.69. The molecular formula is C16H25FN2. The van der Waals surface area contributed by atoms with Crippen LogP contribution in [-0.2, 0) is 6.54 Å². The van der Waals surface area contributed by atoms with Gasteiger partial charge in [0.1, 0.15) is 5.82 Å². The van der Waals surface area contributed by atoms with E-state index >= 15 is 0 Å². The lowest BCUT2D eigenvalue weighted by Crippen LogP contribution is -2.42. The molecule has 0 aliphatic carbocycles. The van der Waals surface area contributed by atoms with Gasteiger partial charge in [-0.3, -0.25) is 0 Å². The second-order valence-corrected chi connectivity index (χ2v) is 5.58. The van der Waals surface area contributed by atoms with E-state index in [2.05, 4.69) is 17.1 Å². The van der Waals surface area contributed by atoms with Crippen molar-refractivity contribution in [3.05, 3.63) is 35.1 Å². The Hall–Kier alpha value is -0.930. The zero-order valence-corrected chi connectivity index (χ0v) is 12.1. The van der Waals surface area contributed by atoms with Crippen LogP contribution in [0.5, 0.6) is 0 Å². The molecule has 1 saturated heterocycles. The van der Waals surface area contributed by atoms with E-state index in [0.29, 0.717) is 6.04 Å². The van der Waals surface area contributed by atoms with Crippen molar-refractivity contribution in [1.29, 1.82) is 0 Å². The minimum Gasteiger partial charge on any atom is -0.310 e. The first-order chi connectivity index (χ1) is 9.19. The molecule has 1 aliphatic rings. The van der Waals surface area contributed by atoms with Gasteiger partial charge in [-0.1, -0.05) is 19.1 Å². The summed E-state index contributed by atoms with van der Waals surface area (Å²) in [5.74, 6) is -0.0999. The van der Waals surface area contributed by atoms with E-state index in [1.807, 2.05) is 12.1 Å². The maximum Gasteiger partial charge on any atom is 0.126 e. The fraction of sp³-hybridized carbons (Fsp3) is 0.625. The normalized spacial score (nSPS) is 17.8. The third-order valence-corrected chi connectivity index (χ3v) is 3.96. The molecule has 0 saturated carbocycles. The minimum atomic E-state index is -0.0999. The van der Waals surface area contributed by atoms with Crippen LogP contribution in [0.2, 0.25) is 0 Å². The first-order valence-electron chi connectivity index (χ1n) is 7.40. The number of nitrogens with one attached hydrogen (secondary N) is 1. The molecule has 0 atom stereocenters. The summed E-state index contributed by atoms with van der Waals surface area (Å²) >= 11 is 0. The first kappa shape index (κ1) is 14.5. The third-order valence-electron chi connectivity index (χ3n) is 3.96. The van der Waals surface area contributed by atoms with Gasteiger partial charge in [0.15, 0.2) is 0 Å². The summed E-state index contributed by atoms with van der Waals surface area (Å²) in [4.78, 5) is 2.53. The molecule has 0 spiro atoms. The Morgan fingerprint density at radius 2 is 2.05 bits per heavy atom. The highest BCUT2D eigenvalue weighted by atomic mass is 19.1. The number of hydrogen-bond acceptors (Lipinski definition) is 2. The van der Waals surface area contributed by atoms with Gasteiger partial charge in [0.25, 0.3) is 0 Å². The molecule has 1 heterocycles. The number of piperidine rings is 1. The van der Waals surface area contributed by atoms with Gasteiger partial charge in [-0.25, -0.2) is 4.39 Å². The van der Waals surface area contributed by atoms with E-state index < -0.39 is 0 Å². The lowest BCUT2D eigenvalue weighted by molar-refractivity contribution is 0.197. The van der Waals surface area contributed by atoms with Crippen LogP contribution in [0, 0.1) is 12.7 Å². The highest BCUT2D eigenvalue weighted by Crippen LogP contribution is 2.13. The SMILES string of the molecule is CCCN1CCC(NCc2ccc(C)c(F)c2)CC1. The first-order valence-corrected chi connectivity index (χ1v) is 7.40. The zero-order valence-electron chi connectivity index (χ0n) is 12.1. The summed E-state index contributed by atoms with van der Waals surface area (Å²) in [6.07, 6.45) is 3.64. The molecule has 19 heavy (non-hydrogen) atoms. The average molecular weight is 264 g/mol. The van der Waals surface area contributed by atoms with Gasteiger partial charge in [0.2, 0.25) is 0 Å². The van der Waals surface area contributed by atoms with Crippen LogP contribution in [0.15, 0.2) is 18.2 Å². The van der Waals surface area contributed by atoms with E-state index in [9.17, 15) is 4.39 Å². The highest BCUT2D eigenvalue weighted by Gasteiger charge is 2.17. The molecule has 3 heteroatoms. The standard InChI is InChI=1S/C16H25FN2/c1-3-8-19-9-6-15(7-10-19)18-12-14-5-4-13(2)16(17)11-14/h4-5,11,15,18H,3,6-10,12H2,1-2H3. The molecule has 1 aromatic rings. The lowest BCUT2D eigenvalue weighted by atomic mass is 10.0. The molecule has 1 aliphatic heterocycles. The Morgan fingerprint density at radius 3 is 2.68 bits per heavy atom. The molecular weight excluding hydrogens is 239 g/mol. The van der Waals surface area contributed by atoms with Gasteiger partial charge in [-0.2, -0.15) is 0 Å². The van der Waals surface area contributed by atoms with Gasteiger partial charge in [-0.05, 0) is 63.0 Å². The van der Waals surface area contributed by atoms with Crippen molar-refractivity contribution in [3.63, 3.8) is 0 Å². The van der Waals surface area contributed by atoms with Crippen LogP contribution in [-0.4, -0.2) is 30.6 Å². The molecule has 1 fully saturated rings. The van der Waals surface area contributed by atoms with Crippen molar-refractivity contribution in [3.8, 4) is 0 Å². The number of halogens is 1. The van der Waals surface area contributed by atoms with Crippen molar-refractivity contribution < 1.29 is 4.39 Å². The van der Waals surface area contributed by atoms with Crippen molar-refractivity contribution >= 4 is 0 Å². The van der Waals surface area contributed by atoms with Gasteiger partial charge in [-0.15, -0.1) is 0 Å². The number of nitrogens with zero attached hydrogens (tertiary/aromatic N) is 1. The van der Waals surface area contributed by atoms with Crippen LogP contribution in [0.3, 0.4) is 0 Å². The van der Waals surface area contributed by atoms with Crippen LogP contribution >= 0.6 is 0 Å². The third kappa shape index (κ3) is 4.29. The van der Waals surface area contributed by atoms with Crippen molar-refractivity contribution in [1.82, 2.24) is 10.2 Å². The van der Waals surface area contributed by atoms with Crippen molar-refractivity contribution in [2.75, 3.05) is 19.6 Å².